The lowest BCUT2D eigenvalue weighted by molar-refractivity contribution is 0.109. The van der Waals surface area contributed by atoms with Gasteiger partial charge in [-0.15, -0.1) is 0 Å². The average Bonchev–Trinajstić information content (AvgIpc) is 3.06. The Balaban J connectivity index is 1.86. The van der Waals surface area contributed by atoms with Gasteiger partial charge in [0.05, 0.1) is 11.8 Å². The molecule has 1 atom stereocenters. The smallest absolute Gasteiger partial charge is 0.265 e. The van der Waals surface area contributed by atoms with Gasteiger partial charge in [0.2, 0.25) is 0 Å². The van der Waals surface area contributed by atoms with Crippen molar-refractivity contribution in [3.63, 3.8) is 0 Å². The van der Waals surface area contributed by atoms with Crippen LogP contribution < -0.4 is 5.56 Å². The van der Waals surface area contributed by atoms with Gasteiger partial charge in [0.1, 0.15) is 10.3 Å². The topological polar surface area (TPSA) is 55.0 Å². The summed E-state index contributed by atoms with van der Waals surface area (Å²) in [7, 11) is 0. The number of ether oxygens (including phenoxy) is 1. The second-order valence-electron chi connectivity index (χ2n) is 5.53. The highest BCUT2D eigenvalue weighted by atomic mass is 79.9. The van der Waals surface area contributed by atoms with Crippen molar-refractivity contribution in [2.24, 2.45) is 0 Å². The zero-order valence-electron chi connectivity index (χ0n) is 11.0. The van der Waals surface area contributed by atoms with Gasteiger partial charge in [-0.05, 0) is 41.6 Å². The number of nitrogens with one attached hydrogen (secondary N) is 1. The first kappa shape index (κ1) is 13.3. The van der Waals surface area contributed by atoms with Gasteiger partial charge in [0.25, 0.3) is 5.56 Å². The molecular weight excluding hydrogens is 308 g/mol. The maximum atomic E-state index is 12.0. The fourth-order valence-corrected chi connectivity index (χ4v) is 3.62. The molecule has 0 radical (unpaired) electrons. The van der Waals surface area contributed by atoms with E-state index in [0.29, 0.717) is 10.4 Å². The number of nitrogens with zero attached hydrogens (tertiary/aromatic N) is 1. The van der Waals surface area contributed by atoms with E-state index in [2.05, 4.69) is 20.9 Å². The van der Waals surface area contributed by atoms with Crippen LogP contribution in [0.5, 0.6) is 0 Å². The summed E-state index contributed by atoms with van der Waals surface area (Å²) < 4.78 is 6.24. The molecule has 2 heterocycles. The van der Waals surface area contributed by atoms with E-state index in [0.717, 1.165) is 50.2 Å². The fraction of sp³-hybridized carbons (Fsp3) is 0.714. The van der Waals surface area contributed by atoms with Crippen LogP contribution in [0.1, 0.15) is 56.0 Å². The van der Waals surface area contributed by atoms with Crippen LogP contribution >= 0.6 is 15.9 Å². The summed E-state index contributed by atoms with van der Waals surface area (Å²) in [6.45, 7) is 0.834. The lowest BCUT2D eigenvalue weighted by atomic mass is 10.0. The third-order valence-corrected chi connectivity index (χ3v) is 4.89. The Kier molecular flexibility index (Phi) is 4.03. The Morgan fingerprint density at radius 3 is 2.74 bits per heavy atom. The molecule has 0 spiro atoms. The SMILES string of the molecule is O=c1[nH]c(CC2CCCO2)nc(C2CCCC2)c1Br. The van der Waals surface area contributed by atoms with Crippen LogP contribution in [0.25, 0.3) is 0 Å². The van der Waals surface area contributed by atoms with E-state index in [1.165, 1.54) is 12.8 Å². The second-order valence-corrected chi connectivity index (χ2v) is 6.33. The molecule has 1 N–H and O–H groups in total. The highest BCUT2D eigenvalue weighted by Crippen LogP contribution is 2.35. The average molecular weight is 327 g/mol. The Morgan fingerprint density at radius 1 is 1.26 bits per heavy atom. The molecule has 1 aliphatic carbocycles. The van der Waals surface area contributed by atoms with Gasteiger partial charge in [-0.25, -0.2) is 4.98 Å². The van der Waals surface area contributed by atoms with E-state index in [-0.39, 0.29) is 11.7 Å². The lowest BCUT2D eigenvalue weighted by Gasteiger charge is -2.14. The monoisotopic (exact) mass is 326 g/mol. The van der Waals surface area contributed by atoms with Gasteiger partial charge in [-0.2, -0.15) is 0 Å². The van der Waals surface area contributed by atoms with Crippen LogP contribution in [0, 0.1) is 0 Å². The number of halogens is 1. The van der Waals surface area contributed by atoms with Gasteiger partial charge in [0.15, 0.2) is 0 Å². The first-order valence-electron chi connectivity index (χ1n) is 7.14. The summed E-state index contributed by atoms with van der Waals surface area (Å²) in [5.41, 5.74) is 0.902. The molecule has 1 aromatic rings. The molecule has 0 aromatic carbocycles. The number of aromatic amines is 1. The van der Waals surface area contributed by atoms with Crippen molar-refractivity contribution in [3.05, 3.63) is 26.3 Å². The molecule has 4 nitrogen and oxygen atoms in total. The Bertz CT molecular complexity index is 503. The van der Waals surface area contributed by atoms with Crippen molar-refractivity contribution in [1.29, 1.82) is 0 Å². The van der Waals surface area contributed by atoms with E-state index >= 15 is 0 Å². The quantitative estimate of drug-likeness (QED) is 0.929. The number of H-pyrrole nitrogens is 1. The van der Waals surface area contributed by atoms with Crippen LogP contribution in [0.3, 0.4) is 0 Å². The highest BCUT2D eigenvalue weighted by molar-refractivity contribution is 9.10. The summed E-state index contributed by atoms with van der Waals surface area (Å²) in [4.78, 5) is 19.6. The molecule has 1 saturated carbocycles. The van der Waals surface area contributed by atoms with Gasteiger partial charge in [-0.1, -0.05) is 12.8 Å². The van der Waals surface area contributed by atoms with E-state index in [4.69, 9.17) is 9.72 Å². The molecule has 19 heavy (non-hydrogen) atoms. The number of hydrogen-bond acceptors (Lipinski definition) is 3. The van der Waals surface area contributed by atoms with Crippen LogP contribution in [-0.2, 0) is 11.2 Å². The zero-order chi connectivity index (χ0) is 13.2. The molecule has 104 valence electrons. The third-order valence-electron chi connectivity index (χ3n) is 4.12. The standard InChI is InChI=1S/C14H19BrN2O2/c15-12-13(9-4-1-2-5-9)16-11(17-14(12)18)8-10-6-3-7-19-10/h9-10H,1-8H2,(H,16,17,18). The molecule has 5 heteroatoms. The van der Waals surface area contributed by atoms with Crippen molar-refractivity contribution in [2.75, 3.05) is 6.61 Å². The first-order chi connectivity index (χ1) is 9.24. The minimum atomic E-state index is -0.0510. The summed E-state index contributed by atoms with van der Waals surface area (Å²) >= 11 is 3.40. The molecule has 1 aliphatic heterocycles. The van der Waals surface area contributed by atoms with Crippen molar-refractivity contribution in [2.45, 2.75) is 57.0 Å². The fourth-order valence-electron chi connectivity index (χ4n) is 3.11. The predicted molar refractivity (Wildman–Crippen MR) is 76.4 cm³/mol. The van der Waals surface area contributed by atoms with Gasteiger partial charge in [0, 0.05) is 18.9 Å². The number of hydrogen-bond donors (Lipinski definition) is 1. The molecule has 1 unspecified atom stereocenters. The van der Waals surface area contributed by atoms with Crippen LogP contribution in [-0.4, -0.2) is 22.7 Å². The van der Waals surface area contributed by atoms with Crippen LogP contribution in [0.2, 0.25) is 0 Å². The van der Waals surface area contributed by atoms with E-state index in [9.17, 15) is 4.79 Å². The van der Waals surface area contributed by atoms with Gasteiger partial charge < -0.3 is 9.72 Å². The highest BCUT2D eigenvalue weighted by Gasteiger charge is 2.24. The lowest BCUT2D eigenvalue weighted by Crippen LogP contribution is -2.20. The van der Waals surface area contributed by atoms with Gasteiger partial charge in [-0.3, -0.25) is 4.79 Å². The van der Waals surface area contributed by atoms with Gasteiger partial charge >= 0.3 is 0 Å². The van der Waals surface area contributed by atoms with E-state index in [1.807, 2.05) is 0 Å². The Labute approximate surface area is 121 Å². The maximum Gasteiger partial charge on any atom is 0.265 e. The van der Waals surface area contributed by atoms with E-state index < -0.39 is 0 Å². The number of aromatic nitrogens is 2. The Hall–Kier alpha value is -0.680. The summed E-state index contributed by atoms with van der Waals surface area (Å²) in [6, 6.07) is 0. The first-order valence-corrected chi connectivity index (χ1v) is 7.93. The second kappa shape index (κ2) is 5.75. The van der Waals surface area contributed by atoms with Crippen LogP contribution in [0.4, 0.5) is 0 Å². The minimum Gasteiger partial charge on any atom is -0.378 e. The molecule has 2 aliphatic rings. The summed E-state index contributed by atoms with van der Waals surface area (Å²) in [5, 5.41) is 0. The molecular formula is C14H19BrN2O2. The zero-order valence-corrected chi connectivity index (χ0v) is 12.5. The maximum absolute atomic E-state index is 12.0. The molecule has 0 amide bonds. The number of rotatable bonds is 3. The predicted octanol–water partition coefficient (Wildman–Crippen LogP) is 2.91. The largest absolute Gasteiger partial charge is 0.378 e. The molecule has 1 saturated heterocycles. The normalized spacial score (nSPS) is 24.2. The molecule has 3 rings (SSSR count). The minimum absolute atomic E-state index is 0.0510. The molecule has 2 fully saturated rings. The van der Waals surface area contributed by atoms with E-state index in [1.54, 1.807) is 0 Å². The summed E-state index contributed by atoms with van der Waals surface area (Å²) in [5.74, 6) is 1.22. The van der Waals surface area contributed by atoms with Crippen molar-refractivity contribution in [3.8, 4) is 0 Å². The van der Waals surface area contributed by atoms with Crippen molar-refractivity contribution in [1.82, 2.24) is 9.97 Å². The van der Waals surface area contributed by atoms with Crippen molar-refractivity contribution < 1.29 is 4.74 Å². The Morgan fingerprint density at radius 2 is 2.05 bits per heavy atom. The third kappa shape index (κ3) is 2.92. The molecule has 0 bridgehead atoms. The van der Waals surface area contributed by atoms with Crippen molar-refractivity contribution >= 4 is 15.9 Å². The van der Waals surface area contributed by atoms with Crippen LogP contribution in [0.15, 0.2) is 9.27 Å². The molecule has 1 aromatic heterocycles. The summed E-state index contributed by atoms with van der Waals surface area (Å²) in [6.07, 6.45) is 7.91.